The van der Waals surface area contributed by atoms with E-state index in [9.17, 15) is 9.59 Å². The van der Waals surface area contributed by atoms with Gasteiger partial charge in [0, 0.05) is 44.0 Å². The van der Waals surface area contributed by atoms with Gasteiger partial charge in [-0.05, 0) is 24.3 Å². The van der Waals surface area contributed by atoms with Crippen LogP contribution >= 0.6 is 0 Å². The zero-order valence-corrected chi connectivity index (χ0v) is 14.3. The Morgan fingerprint density at radius 1 is 0.846 bits per heavy atom. The Labute approximate surface area is 152 Å². The van der Waals surface area contributed by atoms with Crippen molar-refractivity contribution in [2.45, 2.75) is 0 Å². The number of nitrogens with zero attached hydrogens (tertiary/aromatic N) is 2. The summed E-state index contributed by atoms with van der Waals surface area (Å²) in [6.45, 7) is 3.47. The van der Waals surface area contributed by atoms with Gasteiger partial charge in [0.2, 0.25) is 5.91 Å². The Morgan fingerprint density at radius 2 is 1.46 bits per heavy atom. The van der Waals surface area contributed by atoms with Gasteiger partial charge in [0.05, 0.1) is 11.4 Å². The smallest absolute Gasteiger partial charge is 0.328 e. The molecule has 6 nitrogen and oxygen atoms in total. The number of aliphatic carboxylic acids is 1. The third-order valence-electron chi connectivity index (χ3n) is 4.28. The number of carboxylic acid groups (broad SMARTS) is 1. The lowest BCUT2D eigenvalue weighted by atomic mass is 10.2. The number of hydrogen-bond donors (Lipinski definition) is 2. The van der Waals surface area contributed by atoms with Gasteiger partial charge in [-0.15, -0.1) is 0 Å². The van der Waals surface area contributed by atoms with Gasteiger partial charge in [0.1, 0.15) is 0 Å². The molecular weight excluding hydrogens is 330 g/mol. The summed E-state index contributed by atoms with van der Waals surface area (Å²) in [6, 6.07) is 17.9. The van der Waals surface area contributed by atoms with Crippen LogP contribution in [0.4, 0.5) is 17.1 Å². The van der Waals surface area contributed by atoms with Crippen LogP contribution in [0.1, 0.15) is 0 Å². The fourth-order valence-corrected chi connectivity index (χ4v) is 3.02. The van der Waals surface area contributed by atoms with Crippen molar-refractivity contribution in [2.24, 2.45) is 0 Å². The average Bonchev–Trinajstić information content (AvgIpc) is 2.68. The fourth-order valence-electron chi connectivity index (χ4n) is 3.02. The predicted octanol–water partition coefficient (Wildman–Crippen LogP) is 2.59. The first-order chi connectivity index (χ1) is 12.6. The van der Waals surface area contributed by atoms with Crippen molar-refractivity contribution >= 4 is 28.9 Å². The number of anilines is 3. The largest absolute Gasteiger partial charge is 0.478 e. The van der Waals surface area contributed by atoms with E-state index < -0.39 is 11.9 Å². The van der Waals surface area contributed by atoms with Crippen molar-refractivity contribution in [3.05, 3.63) is 66.7 Å². The number of carbonyl (C=O) groups is 2. The maximum Gasteiger partial charge on any atom is 0.328 e. The molecule has 6 heteroatoms. The molecular formula is C20H21N3O3. The maximum absolute atomic E-state index is 11.9. The highest BCUT2D eigenvalue weighted by Crippen LogP contribution is 2.27. The number of benzene rings is 2. The van der Waals surface area contributed by atoms with E-state index in [-0.39, 0.29) is 0 Å². The number of nitrogens with one attached hydrogen (secondary N) is 1. The van der Waals surface area contributed by atoms with Gasteiger partial charge in [0.15, 0.2) is 0 Å². The van der Waals surface area contributed by atoms with E-state index in [4.69, 9.17) is 5.11 Å². The van der Waals surface area contributed by atoms with Gasteiger partial charge in [0.25, 0.3) is 0 Å². The van der Waals surface area contributed by atoms with Crippen molar-refractivity contribution in [3.63, 3.8) is 0 Å². The number of hydrogen-bond acceptors (Lipinski definition) is 4. The summed E-state index contributed by atoms with van der Waals surface area (Å²) in [4.78, 5) is 27.0. The molecule has 0 bridgehead atoms. The highest BCUT2D eigenvalue weighted by atomic mass is 16.4. The number of para-hydroxylation sites is 3. The molecule has 1 aliphatic heterocycles. The van der Waals surface area contributed by atoms with Crippen LogP contribution in [-0.4, -0.2) is 43.2 Å². The second-order valence-electron chi connectivity index (χ2n) is 5.99. The number of carboxylic acids is 1. The minimum Gasteiger partial charge on any atom is -0.478 e. The second kappa shape index (κ2) is 8.20. The summed E-state index contributed by atoms with van der Waals surface area (Å²) in [5.74, 6) is -1.60. The van der Waals surface area contributed by atoms with Crippen LogP contribution < -0.4 is 15.1 Å². The molecule has 2 aromatic rings. The van der Waals surface area contributed by atoms with E-state index in [1.807, 2.05) is 42.5 Å². The lowest BCUT2D eigenvalue weighted by Gasteiger charge is -2.38. The molecule has 1 heterocycles. The molecule has 2 aromatic carbocycles. The Balaban J connectivity index is 1.67. The molecule has 1 aliphatic rings. The lowest BCUT2D eigenvalue weighted by Crippen LogP contribution is -2.46. The quantitative estimate of drug-likeness (QED) is 0.810. The van der Waals surface area contributed by atoms with Crippen LogP contribution in [0.15, 0.2) is 66.7 Å². The first-order valence-corrected chi connectivity index (χ1v) is 8.49. The molecule has 0 atom stereocenters. The standard InChI is InChI=1S/C20H21N3O3/c24-19(10-11-20(25)26)21-17-8-4-5-9-18(17)23-14-12-22(13-15-23)16-6-2-1-3-7-16/h1-11H,12-15H2,(H,21,24)(H,25,26)/b11-10+. The van der Waals surface area contributed by atoms with E-state index in [2.05, 4.69) is 27.2 Å². The monoisotopic (exact) mass is 351 g/mol. The minimum atomic E-state index is -1.15. The van der Waals surface area contributed by atoms with Crippen LogP contribution in [0.3, 0.4) is 0 Å². The third kappa shape index (κ3) is 4.42. The minimum absolute atomic E-state index is 0.456. The average molecular weight is 351 g/mol. The molecule has 1 amide bonds. The molecule has 0 unspecified atom stereocenters. The molecule has 0 spiro atoms. The zero-order valence-electron chi connectivity index (χ0n) is 14.3. The summed E-state index contributed by atoms with van der Waals surface area (Å²) < 4.78 is 0. The van der Waals surface area contributed by atoms with E-state index in [0.29, 0.717) is 5.69 Å². The normalized spacial score (nSPS) is 14.5. The maximum atomic E-state index is 11.9. The molecule has 1 fully saturated rings. The van der Waals surface area contributed by atoms with Crippen LogP contribution in [0.25, 0.3) is 0 Å². The number of carbonyl (C=O) groups excluding carboxylic acids is 1. The molecule has 3 rings (SSSR count). The first-order valence-electron chi connectivity index (χ1n) is 8.49. The van der Waals surface area contributed by atoms with Crippen molar-refractivity contribution in [3.8, 4) is 0 Å². The molecule has 26 heavy (non-hydrogen) atoms. The van der Waals surface area contributed by atoms with Gasteiger partial charge in [-0.2, -0.15) is 0 Å². The van der Waals surface area contributed by atoms with Crippen LogP contribution in [0.5, 0.6) is 0 Å². The van der Waals surface area contributed by atoms with Crippen LogP contribution in [-0.2, 0) is 9.59 Å². The molecule has 0 aliphatic carbocycles. The summed E-state index contributed by atoms with van der Waals surface area (Å²) in [6.07, 6.45) is 1.85. The molecule has 2 N–H and O–H groups in total. The zero-order chi connectivity index (χ0) is 18.4. The summed E-state index contributed by atoms with van der Waals surface area (Å²) in [7, 11) is 0. The van der Waals surface area contributed by atoms with Crippen molar-refractivity contribution < 1.29 is 14.7 Å². The molecule has 0 saturated carbocycles. The number of rotatable bonds is 5. The topological polar surface area (TPSA) is 72.9 Å². The third-order valence-corrected chi connectivity index (χ3v) is 4.28. The number of piperazine rings is 1. The SMILES string of the molecule is O=C(O)/C=C/C(=O)Nc1ccccc1N1CCN(c2ccccc2)CC1. The van der Waals surface area contributed by atoms with E-state index in [1.54, 1.807) is 0 Å². The summed E-state index contributed by atoms with van der Waals surface area (Å²) in [5, 5.41) is 11.4. The van der Waals surface area contributed by atoms with Gasteiger partial charge in [-0.1, -0.05) is 30.3 Å². The van der Waals surface area contributed by atoms with Crippen molar-refractivity contribution in [1.82, 2.24) is 0 Å². The Kier molecular flexibility index (Phi) is 5.53. The highest BCUT2D eigenvalue weighted by molar-refractivity contribution is 6.04. The molecule has 0 aromatic heterocycles. The van der Waals surface area contributed by atoms with Gasteiger partial charge < -0.3 is 20.2 Å². The summed E-state index contributed by atoms with van der Waals surface area (Å²) in [5.41, 5.74) is 2.84. The fraction of sp³-hybridized carbons (Fsp3) is 0.200. The van der Waals surface area contributed by atoms with Gasteiger partial charge >= 0.3 is 5.97 Å². The lowest BCUT2D eigenvalue weighted by molar-refractivity contribution is -0.131. The summed E-state index contributed by atoms with van der Waals surface area (Å²) >= 11 is 0. The van der Waals surface area contributed by atoms with Crippen molar-refractivity contribution in [2.75, 3.05) is 41.3 Å². The van der Waals surface area contributed by atoms with E-state index in [0.717, 1.165) is 44.0 Å². The Bertz CT molecular complexity index is 797. The molecule has 1 saturated heterocycles. The highest BCUT2D eigenvalue weighted by Gasteiger charge is 2.19. The molecule has 0 radical (unpaired) electrons. The van der Waals surface area contributed by atoms with E-state index in [1.165, 1.54) is 5.69 Å². The van der Waals surface area contributed by atoms with E-state index >= 15 is 0 Å². The van der Waals surface area contributed by atoms with Crippen LogP contribution in [0, 0.1) is 0 Å². The van der Waals surface area contributed by atoms with Gasteiger partial charge in [-0.3, -0.25) is 4.79 Å². The van der Waals surface area contributed by atoms with Crippen molar-refractivity contribution in [1.29, 1.82) is 0 Å². The Hall–Kier alpha value is -3.28. The predicted molar refractivity (Wildman–Crippen MR) is 103 cm³/mol. The second-order valence-corrected chi connectivity index (χ2v) is 5.99. The van der Waals surface area contributed by atoms with Gasteiger partial charge in [-0.25, -0.2) is 4.79 Å². The number of amides is 1. The first kappa shape index (κ1) is 17.5. The Morgan fingerprint density at radius 3 is 2.15 bits per heavy atom. The van der Waals surface area contributed by atoms with Crippen LogP contribution in [0.2, 0.25) is 0 Å². The molecule has 134 valence electrons.